The fourth-order valence-electron chi connectivity index (χ4n) is 1.11. The Bertz CT molecular complexity index is 256. The summed E-state index contributed by atoms with van der Waals surface area (Å²) in [6.45, 7) is 0.0226. The van der Waals surface area contributed by atoms with E-state index in [4.69, 9.17) is 11.6 Å². The second-order valence-corrected chi connectivity index (χ2v) is 3.81. The number of alkyl halides is 3. The van der Waals surface area contributed by atoms with Crippen molar-refractivity contribution in [2.24, 2.45) is 0 Å². The molecule has 0 atom stereocenters. The Morgan fingerprint density at radius 3 is 2.19 bits per heavy atom. The van der Waals surface area contributed by atoms with Gasteiger partial charge in [0, 0.05) is 20.0 Å². The van der Waals surface area contributed by atoms with Gasteiger partial charge in [0.05, 0.1) is 0 Å². The highest BCUT2D eigenvalue weighted by Crippen LogP contribution is 2.17. The summed E-state index contributed by atoms with van der Waals surface area (Å²) < 4.78 is 35.8. The van der Waals surface area contributed by atoms with Gasteiger partial charge in [0.25, 0.3) is 0 Å². The molecule has 0 unspecified atom stereocenters. The highest BCUT2D eigenvalue weighted by molar-refractivity contribution is 6.63. The quantitative estimate of drug-likeness (QED) is 0.542. The third kappa shape index (κ3) is 6.66. The molecule has 7 heteroatoms. The number of hydrogen-bond acceptors (Lipinski definition) is 2. The zero-order chi connectivity index (χ0) is 12.8. The van der Waals surface area contributed by atoms with Crippen LogP contribution in [0.15, 0.2) is 0 Å². The van der Waals surface area contributed by atoms with Gasteiger partial charge in [0.1, 0.15) is 0 Å². The molecule has 0 aliphatic rings. The summed E-state index contributed by atoms with van der Waals surface area (Å²) in [5, 5.41) is -0.459. The largest absolute Gasteiger partial charge is 0.471 e. The van der Waals surface area contributed by atoms with E-state index in [1.165, 1.54) is 0 Å². The number of unbranched alkanes of at least 4 members (excludes halogenated alkanes) is 2. The van der Waals surface area contributed by atoms with Crippen molar-refractivity contribution in [3.63, 3.8) is 0 Å². The second-order valence-electron chi connectivity index (χ2n) is 3.39. The number of halogens is 4. The van der Waals surface area contributed by atoms with Crippen LogP contribution < -0.4 is 0 Å². The lowest BCUT2D eigenvalue weighted by molar-refractivity contribution is -0.184. The molecule has 0 heterocycles. The van der Waals surface area contributed by atoms with Crippen LogP contribution in [-0.4, -0.2) is 35.8 Å². The minimum Gasteiger partial charge on any atom is -0.338 e. The summed E-state index contributed by atoms with van der Waals surface area (Å²) in [5.74, 6) is -1.85. The van der Waals surface area contributed by atoms with Gasteiger partial charge < -0.3 is 4.90 Å². The third-order valence-corrected chi connectivity index (χ3v) is 2.15. The first-order valence-corrected chi connectivity index (χ1v) is 5.13. The summed E-state index contributed by atoms with van der Waals surface area (Å²) in [6, 6.07) is 0. The Balaban J connectivity index is 3.70. The maximum absolute atomic E-state index is 11.9. The van der Waals surface area contributed by atoms with E-state index in [1.807, 2.05) is 0 Å². The molecular weight excluding hydrogens is 247 g/mol. The standard InChI is InChI=1S/C9H13ClF3NO2/c1-14(8(16)9(11,12)13)6-4-2-3-5-7(10)15/h2-6H2,1H3. The highest BCUT2D eigenvalue weighted by atomic mass is 35.5. The van der Waals surface area contributed by atoms with Gasteiger partial charge in [-0.2, -0.15) is 13.2 Å². The molecule has 0 N–H and O–H groups in total. The number of hydrogen-bond donors (Lipinski definition) is 0. The minimum atomic E-state index is -4.82. The van der Waals surface area contributed by atoms with Crippen LogP contribution in [0.1, 0.15) is 25.7 Å². The summed E-state index contributed by atoms with van der Waals surface area (Å²) in [7, 11) is 1.10. The van der Waals surface area contributed by atoms with Gasteiger partial charge >= 0.3 is 12.1 Å². The molecule has 0 aromatic carbocycles. The molecule has 1 amide bonds. The zero-order valence-electron chi connectivity index (χ0n) is 8.81. The van der Waals surface area contributed by atoms with Crippen LogP contribution >= 0.6 is 11.6 Å². The molecule has 0 saturated heterocycles. The van der Waals surface area contributed by atoms with E-state index in [0.29, 0.717) is 24.2 Å². The molecule has 94 valence electrons. The summed E-state index contributed by atoms with van der Waals surface area (Å²) in [4.78, 5) is 21.6. The molecule has 0 bridgehead atoms. The molecule has 16 heavy (non-hydrogen) atoms. The Hall–Kier alpha value is -0.780. The highest BCUT2D eigenvalue weighted by Gasteiger charge is 2.40. The third-order valence-electron chi connectivity index (χ3n) is 1.96. The van der Waals surface area contributed by atoms with Crippen LogP contribution in [-0.2, 0) is 9.59 Å². The second kappa shape index (κ2) is 6.73. The number of rotatable bonds is 6. The minimum absolute atomic E-state index is 0.0226. The van der Waals surface area contributed by atoms with E-state index in [0.717, 1.165) is 7.05 Å². The van der Waals surface area contributed by atoms with Crippen LogP contribution in [0.4, 0.5) is 13.2 Å². The van der Waals surface area contributed by atoms with Crippen molar-refractivity contribution in [2.45, 2.75) is 31.9 Å². The van der Waals surface area contributed by atoms with Crippen molar-refractivity contribution in [2.75, 3.05) is 13.6 Å². The van der Waals surface area contributed by atoms with Crippen molar-refractivity contribution in [1.82, 2.24) is 4.90 Å². The Morgan fingerprint density at radius 1 is 1.19 bits per heavy atom. The molecular formula is C9H13ClF3NO2. The number of nitrogens with zero attached hydrogens (tertiary/aromatic N) is 1. The molecule has 0 fully saturated rings. The predicted molar refractivity (Wildman–Crippen MR) is 53.0 cm³/mol. The van der Waals surface area contributed by atoms with Gasteiger partial charge in [-0.3, -0.25) is 9.59 Å². The molecule has 0 aromatic rings. The van der Waals surface area contributed by atoms with Crippen LogP contribution in [0.25, 0.3) is 0 Å². The first-order valence-electron chi connectivity index (χ1n) is 4.75. The molecule has 0 aliphatic carbocycles. The lowest BCUT2D eigenvalue weighted by Gasteiger charge is -2.18. The van der Waals surface area contributed by atoms with E-state index in [2.05, 4.69) is 0 Å². The topological polar surface area (TPSA) is 37.4 Å². The van der Waals surface area contributed by atoms with Crippen molar-refractivity contribution in [3.05, 3.63) is 0 Å². The van der Waals surface area contributed by atoms with E-state index in [9.17, 15) is 22.8 Å². The van der Waals surface area contributed by atoms with Gasteiger partial charge in [-0.05, 0) is 24.4 Å². The zero-order valence-corrected chi connectivity index (χ0v) is 9.57. The summed E-state index contributed by atoms with van der Waals surface area (Å²) in [5.41, 5.74) is 0. The summed E-state index contributed by atoms with van der Waals surface area (Å²) in [6.07, 6.45) is -3.11. The van der Waals surface area contributed by atoms with Crippen molar-refractivity contribution >= 4 is 22.8 Å². The average Bonchev–Trinajstić information content (AvgIpc) is 2.13. The monoisotopic (exact) mass is 259 g/mol. The lowest BCUT2D eigenvalue weighted by atomic mass is 10.2. The average molecular weight is 260 g/mol. The first kappa shape index (κ1) is 15.2. The Kier molecular flexibility index (Phi) is 6.40. The van der Waals surface area contributed by atoms with Crippen LogP contribution in [0.3, 0.4) is 0 Å². The predicted octanol–water partition coefficient (Wildman–Crippen LogP) is 2.33. The van der Waals surface area contributed by atoms with Crippen molar-refractivity contribution < 1.29 is 22.8 Å². The normalized spacial score (nSPS) is 11.3. The first-order chi connectivity index (χ1) is 7.25. The number of carbonyl (C=O) groups is 2. The molecule has 0 spiro atoms. The number of amides is 1. The number of carbonyl (C=O) groups excluding carboxylic acids is 2. The van der Waals surface area contributed by atoms with Gasteiger partial charge in [-0.1, -0.05) is 6.42 Å². The van der Waals surface area contributed by atoms with E-state index >= 15 is 0 Å². The van der Waals surface area contributed by atoms with Crippen molar-refractivity contribution in [1.29, 1.82) is 0 Å². The van der Waals surface area contributed by atoms with E-state index in [-0.39, 0.29) is 13.0 Å². The van der Waals surface area contributed by atoms with E-state index in [1.54, 1.807) is 0 Å². The molecule has 0 rings (SSSR count). The SMILES string of the molecule is CN(CCCCCC(=O)Cl)C(=O)C(F)(F)F. The molecule has 3 nitrogen and oxygen atoms in total. The fraction of sp³-hybridized carbons (Fsp3) is 0.778. The maximum Gasteiger partial charge on any atom is 0.471 e. The molecule has 0 radical (unpaired) electrons. The van der Waals surface area contributed by atoms with Gasteiger partial charge in [-0.15, -0.1) is 0 Å². The fourth-order valence-corrected chi connectivity index (χ4v) is 1.24. The summed E-state index contributed by atoms with van der Waals surface area (Å²) >= 11 is 5.08. The van der Waals surface area contributed by atoms with Gasteiger partial charge in [-0.25, -0.2) is 0 Å². The lowest BCUT2D eigenvalue weighted by Crippen LogP contribution is -2.38. The molecule has 0 saturated carbocycles. The maximum atomic E-state index is 11.9. The van der Waals surface area contributed by atoms with E-state index < -0.39 is 17.3 Å². The smallest absolute Gasteiger partial charge is 0.338 e. The van der Waals surface area contributed by atoms with Crippen LogP contribution in [0.2, 0.25) is 0 Å². The Morgan fingerprint density at radius 2 is 1.75 bits per heavy atom. The van der Waals surface area contributed by atoms with Gasteiger partial charge in [0.2, 0.25) is 5.24 Å². The molecule has 0 aromatic heterocycles. The van der Waals surface area contributed by atoms with Gasteiger partial charge in [0.15, 0.2) is 0 Å². The van der Waals surface area contributed by atoms with Crippen molar-refractivity contribution in [3.8, 4) is 0 Å². The molecule has 0 aliphatic heterocycles. The van der Waals surface area contributed by atoms with Crippen LogP contribution in [0.5, 0.6) is 0 Å². The van der Waals surface area contributed by atoms with Crippen LogP contribution in [0, 0.1) is 0 Å². The Labute approximate surface area is 96.5 Å².